The number of aliphatic carboxylic acids is 2. The third kappa shape index (κ3) is 19.4. The Labute approximate surface area is 640 Å². The molecule has 570 valence electrons. The summed E-state index contributed by atoms with van der Waals surface area (Å²) in [5, 5.41) is 38.5. The first-order valence-electron chi connectivity index (χ1n) is 34.8. The Morgan fingerprint density at radius 1 is 0.528 bits per heavy atom. The number of nitrogens with one attached hydrogen (secondary N) is 2. The smallest absolute Gasteiger partial charge is 0.337 e. The number of halogens is 1. The maximum atomic E-state index is 13.4. The summed E-state index contributed by atoms with van der Waals surface area (Å²) in [4.78, 5) is 145. The molecule has 4 amide bonds. The number of aromatic nitrogens is 12. The number of pyridine rings is 2. The number of piperidine rings is 2. The van der Waals surface area contributed by atoms with E-state index >= 15 is 0 Å². The van der Waals surface area contributed by atoms with E-state index in [2.05, 4.69) is 52.9 Å². The van der Waals surface area contributed by atoms with Crippen molar-refractivity contribution in [1.82, 2.24) is 67.2 Å². The summed E-state index contributed by atoms with van der Waals surface area (Å²) in [6.45, 7) is 20.4. The Balaban J connectivity index is 0.000000257. The number of carboxylic acid groups (broad SMARTS) is 2. The van der Waals surface area contributed by atoms with Gasteiger partial charge in [0, 0.05) is 139 Å². The molecule has 0 spiro atoms. The van der Waals surface area contributed by atoms with Gasteiger partial charge in [0.2, 0.25) is 11.8 Å². The van der Waals surface area contributed by atoms with Gasteiger partial charge in [0.15, 0.2) is 11.6 Å². The van der Waals surface area contributed by atoms with Gasteiger partial charge < -0.3 is 47.2 Å². The number of carbonyl (C=O) groups excluding carboxylic acids is 4. The van der Waals surface area contributed by atoms with Gasteiger partial charge >= 0.3 is 23.3 Å². The van der Waals surface area contributed by atoms with Gasteiger partial charge in [0.05, 0.1) is 1.37 Å². The molecule has 0 bridgehead atoms. The van der Waals surface area contributed by atoms with E-state index in [1.54, 1.807) is 88.4 Å². The number of amides is 4. The topological polar surface area (TPSA) is 420 Å². The number of nitrogen functional groups attached to an aromatic ring is 2. The van der Waals surface area contributed by atoms with Crippen molar-refractivity contribution in [2.75, 3.05) is 48.3 Å². The molecule has 0 saturated carbocycles. The van der Waals surface area contributed by atoms with Gasteiger partial charge in [-0.3, -0.25) is 37.9 Å². The Hall–Kier alpha value is -11.8. The number of hydrogen-bond acceptors (Lipinski definition) is 19. The van der Waals surface area contributed by atoms with Crippen molar-refractivity contribution < 1.29 is 45.5 Å². The zero-order valence-electron chi connectivity index (χ0n) is 61.7. The molecule has 10 heterocycles. The Morgan fingerprint density at radius 3 is 1.15 bits per heavy atom. The lowest BCUT2D eigenvalue weighted by molar-refractivity contribution is -0.136. The largest absolute Gasteiger partial charge is 0.478 e. The van der Waals surface area contributed by atoms with E-state index in [1.807, 2.05) is 70.8 Å². The van der Waals surface area contributed by atoms with Crippen LogP contribution >= 0.6 is 24.0 Å². The number of nitrogens with zero attached hydrogens (tertiary/aromatic N) is 14. The van der Waals surface area contributed by atoms with Crippen LogP contribution < -0.4 is 44.6 Å². The van der Waals surface area contributed by atoms with Crippen LogP contribution in [0.15, 0.2) is 166 Å². The molecule has 10 aromatic rings. The summed E-state index contributed by atoms with van der Waals surface area (Å²) in [5.41, 5.74) is 17.3. The number of hydrogen-bond donors (Lipinski definition) is 7. The van der Waals surface area contributed by atoms with Gasteiger partial charge in [0.1, 0.15) is 46.5 Å². The second-order valence-corrected chi connectivity index (χ2v) is 26.6. The summed E-state index contributed by atoms with van der Waals surface area (Å²) < 4.78 is 14.7. The normalized spacial score (nSPS) is 13.3. The maximum Gasteiger partial charge on any atom is 0.337 e. The number of aliphatic hydroxyl groups is 1. The van der Waals surface area contributed by atoms with Gasteiger partial charge in [-0.2, -0.15) is 10.2 Å². The molecule has 0 unspecified atom stereocenters. The van der Waals surface area contributed by atoms with Crippen LogP contribution in [0.4, 0.5) is 23.0 Å². The van der Waals surface area contributed by atoms with E-state index in [9.17, 15) is 47.9 Å². The first kappa shape index (κ1) is 81.9. The van der Waals surface area contributed by atoms with E-state index in [0.717, 1.165) is 68.5 Å². The second kappa shape index (κ2) is 36.9. The zero-order chi connectivity index (χ0) is 77.9. The predicted octanol–water partition coefficient (Wildman–Crippen LogP) is 9.12. The van der Waals surface area contributed by atoms with Crippen LogP contribution in [0.25, 0.3) is 44.9 Å². The molecule has 0 aliphatic carbocycles. The van der Waals surface area contributed by atoms with E-state index in [-0.39, 0.29) is 102 Å². The average molecular weight is 1590 g/mol. The number of benzene rings is 2. The number of rotatable bonds is 16. The van der Waals surface area contributed by atoms with Crippen molar-refractivity contribution in [2.45, 2.75) is 132 Å². The molecule has 2 fully saturated rings. The predicted molar refractivity (Wildman–Crippen MR) is 421 cm³/mol. The van der Waals surface area contributed by atoms with E-state index < -0.39 is 52.3 Å². The van der Waals surface area contributed by atoms with Gasteiger partial charge in [-0.25, -0.2) is 57.3 Å². The van der Waals surface area contributed by atoms with E-state index in [0.29, 0.717) is 72.4 Å². The summed E-state index contributed by atoms with van der Waals surface area (Å²) in [6.07, 6.45) is 11.5. The van der Waals surface area contributed by atoms with Gasteiger partial charge in [-0.15, -0.1) is 24.0 Å². The molecule has 108 heavy (non-hydrogen) atoms. The molecule has 12 rings (SSSR count). The lowest BCUT2D eigenvalue weighted by Crippen LogP contribution is -2.43. The van der Waals surface area contributed by atoms with Crippen LogP contribution in [0.1, 0.15) is 160 Å². The van der Waals surface area contributed by atoms with Crippen molar-refractivity contribution in [3.63, 3.8) is 0 Å². The van der Waals surface area contributed by atoms with Crippen molar-refractivity contribution in [3.05, 3.63) is 211 Å². The van der Waals surface area contributed by atoms with Crippen LogP contribution in [0.3, 0.4) is 0 Å². The SMILES string of the molecule is C.CC(C)C(=O)N1CCC(c2cc(-c3ccc(NC(=O)c4cn(C(C)C)c(=O)n(-c5ccccn5)c4=O)cc3)c3c(N)ncnn23)CC1.CC(C)C(=O)N1CCC(c2cc(-c3ccc(NC(=O)c4cn(C(C)C)c(=O)n(-c5ccccn5)c4=O)cc3)c3c(N)ncnn23)CC1.I.O=C(O)/C=C\C(=O)O.[2H]C(C)(C)O. The lowest BCUT2D eigenvalue weighted by atomic mass is 9.92. The highest BCUT2D eigenvalue weighted by Crippen LogP contribution is 2.39. The summed E-state index contributed by atoms with van der Waals surface area (Å²) in [7, 11) is 0. The first-order chi connectivity index (χ1) is 50.7. The Kier molecular flexibility index (Phi) is 28.0. The standard InChI is InChI=1S/2C34H37N9O4.C4H4O4.C3H8O.CH4.HI/c2*1-20(2)32(45)40-15-12-23(13-16-40)27-17-25(29-30(35)37-19-38-43(27)29)22-8-10-24(11-9-22)39-31(44)26-18-41(21(3)4)34(47)42(33(26)46)28-7-5-6-14-36-28;5-3(6)1-2-4(7)8;1-3(2)4;;/h2*5-11,14,17-21,23H,12-13,15-16H2,1-4H3,(H,39,44)(H2,35,37,38);1-2H,(H,5,6)(H,7,8);3-4H,1-2H3;1H4;1H/b;;2-1-;;;/i;;;3D;;. The molecule has 32 heteroatoms. The molecule has 9 N–H and O–H groups in total. The highest BCUT2D eigenvalue weighted by Gasteiger charge is 2.32. The lowest BCUT2D eigenvalue weighted by Gasteiger charge is -2.33. The van der Waals surface area contributed by atoms with Gasteiger partial charge in [-0.05, 0) is 139 Å². The van der Waals surface area contributed by atoms with Crippen LogP contribution in [-0.2, 0) is 19.2 Å². The Bertz CT molecular complexity index is 4880. The molecule has 8 aromatic heterocycles. The minimum absolute atomic E-state index is 0. The highest BCUT2D eigenvalue weighted by molar-refractivity contribution is 14.0. The van der Waals surface area contributed by atoms with Gasteiger partial charge in [0.25, 0.3) is 22.9 Å². The van der Waals surface area contributed by atoms with Crippen LogP contribution in [0.2, 0.25) is 0 Å². The molecule has 0 radical (unpaired) electrons. The number of carboxylic acids is 2. The monoisotopic (exact) mass is 1590 g/mol. The van der Waals surface area contributed by atoms with Crippen molar-refractivity contribution in [1.29, 1.82) is 0 Å². The third-order valence-electron chi connectivity index (χ3n) is 17.5. The number of anilines is 4. The van der Waals surface area contributed by atoms with E-state index in [4.69, 9.17) is 28.2 Å². The molecule has 2 aromatic carbocycles. The zero-order valence-corrected chi connectivity index (χ0v) is 63.1. The maximum absolute atomic E-state index is 13.4. The minimum Gasteiger partial charge on any atom is -0.478 e. The van der Waals surface area contributed by atoms with Crippen LogP contribution in [-0.4, -0.2) is 150 Å². The molecule has 2 aliphatic rings. The van der Waals surface area contributed by atoms with Crippen LogP contribution in [0, 0.1) is 11.8 Å². The molecule has 2 aliphatic heterocycles. The molecule has 0 atom stereocenters. The number of likely N-dealkylation sites (tertiary alicyclic amines) is 2. The number of fused-ring (bicyclic) bond motifs is 2. The first-order valence-corrected chi connectivity index (χ1v) is 34.3. The summed E-state index contributed by atoms with van der Waals surface area (Å²) in [6, 6.07) is 27.7. The number of nitrogens with two attached hydrogens (primary N) is 2. The summed E-state index contributed by atoms with van der Waals surface area (Å²) >= 11 is 0. The fourth-order valence-corrected chi connectivity index (χ4v) is 12.3. The summed E-state index contributed by atoms with van der Waals surface area (Å²) in [5.74, 6) is -2.23. The van der Waals surface area contributed by atoms with Crippen molar-refractivity contribution in [2.24, 2.45) is 11.8 Å². The Morgan fingerprint density at radius 2 is 0.861 bits per heavy atom. The molecular weight excluding hydrogens is 1500 g/mol. The third-order valence-corrected chi connectivity index (χ3v) is 17.5. The molecular formula is C76H91IN18O13. The average Bonchev–Trinajstić information content (AvgIpc) is 1.72. The molecule has 2 saturated heterocycles. The fraction of sp³-hybridized carbons (Fsp3) is 0.342. The number of carbonyl (C=O) groups is 6. The van der Waals surface area contributed by atoms with Crippen molar-refractivity contribution in [3.8, 4) is 33.9 Å². The fourth-order valence-electron chi connectivity index (χ4n) is 12.3. The molecule has 31 nitrogen and oxygen atoms in total. The minimum atomic E-state index is -1.26. The van der Waals surface area contributed by atoms with Gasteiger partial charge in [-0.1, -0.05) is 71.5 Å². The van der Waals surface area contributed by atoms with Crippen molar-refractivity contribution >= 4 is 93.6 Å². The highest BCUT2D eigenvalue weighted by atomic mass is 127. The quantitative estimate of drug-likeness (QED) is 0.0350. The van der Waals surface area contributed by atoms with Crippen LogP contribution in [0.5, 0.6) is 0 Å². The van der Waals surface area contributed by atoms with E-state index in [1.165, 1.54) is 60.4 Å². The second-order valence-electron chi connectivity index (χ2n) is 26.6.